The van der Waals surface area contributed by atoms with Gasteiger partial charge in [-0.15, -0.1) is 0 Å². The van der Waals surface area contributed by atoms with Gasteiger partial charge in [-0.1, -0.05) is 17.3 Å². The quantitative estimate of drug-likeness (QED) is 0.728. The van der Waals surface area contributed by atoms with Crippen molar-refractivity contribution in [3.8, 4) is 5.75 Å². The number of amides is 1. The molecule has 7 heteroatoms. The van der Waals surface area contributed by atoms with Gasteiger partial charge in [0.1, 0.15) is 18.1 Å². The van der Waals surface area contributed by atoms with Crippen LogP contribution in [0.25, 0.3) is 0 Å². The van der Waals surface area contributed by atoms with Gasteiger partial charge in [-0.3, -0.25) is 9.59 Å². The molecule has 1 aromatic heterocycles. The van der Waals surface area contributed by atoms with Gasteiger partial charge in [0, 0.05) is 6.04 Å². The van der Waals surface area contributed by atoms with Crippen LogP contribution < -0.4 is 10.1 Å². The van der Waals surface area contributed by atoms with Crippen LogP contribution in [-0.2, 0) is 27.4 Å². The van der Waals surface area contributed by atoms with Crippen molar-refractivity contribution < 1.29 is 23.6 Å². The summed E-state index contributed by atoms with van der Waals surface area (Å²) in [6.07, 6.45) is 2.12. The van der Waals surface area contributed by atoms with Crippen molar-refractivity contribution in [1.82, 2.24) is 10.5 Å². The molecule has 0 atom stereocenters. The van der Waals surface area contributed by atoms with Crippen LogP contribution >= 0.6 is 0 Å². The normalized spacial score (nSPS) is 13.3. The molecule has 1 aromatic carbocycles. The molecule has 26 heavy (non-hydrogen) atoms. The first-order valence-electron chi connectivity index (χ1n) is 8.59. The SMILES string of the molecule is Cc1noc(C)c1COc1ccc(CC(=O)OCC(=O)NC2CC2)cc1. The number of carbonyl (C=O) groups is 2. The van der Waals surface area contributed by atoms with Gasteiger partial charge >= 0.3 is 5.97 Å². The van der Waals surface area contributed by atoms with Crippen LogP contribution in [0.2, 0.25) is 0 Å². The Balaban J connectivity index is 1.43. The molecule has 0 aliphatic heterocycles. The van der Waals surface area contributed by atoms with Gasteiger partial charge in [-0.25, -0.2) is 0 Å². The fourth-order valence-electron chi connectivity index (χ4n) is 2.43. The predicted octanol–water partition coefficient (Wildman–Crippen LogP) is 2.23. The first kappa shape index (κ1) is 18.0. The third kappa shape index (κ3) is 5.08. The first-order chi connectivity index (χ1) is 12.5. The minimum atomic E-state index is -0.430. The molecule has 1 amide bonds. The highest BCUT2D eigenvalue weighted by Gasteiger charge is 2.23. The standard InChI is InChI=1S/C19H22N2O5/c1-12-17(13(2)26-21-12)10-24-16-7-3-14(4-8-16)9-19(23)25-11-18(22)20-15-5-6-15/h3-4,7-8,15H,5-6,9-11H2,1-2H3,(H,20,22). The maximum Gasteiger partial charge on any atom is 0.310 e. The average molecular weight is 358 g/mol. The van der Waals surface area contributed by atoms with Gasteiger partial charge in [0.05, 0.1) is 17.7 Å². The van der Waals surface area contributed by atoms with Crippen molar-refractivity contribution in [3.05, 3.63) is 46.8 Å². The Kier molecular flexibility index (Phi) is 5.55. The summed E-state index contributed by atoms with van der Waals surface area (Å²) >= 11 is 0. The van der Waals surface area contributed by atoms with E-state index in [0.29, 0.717) is 12.4 Å². The lowest BCUT2D eigenvalue weighted by Gasteiger charge is -2.08. The predicted molar refractivity (Wildman–Crippen MR) is 92.6 cm³/mol. The number of aromatic nitrogens is 1. The Morgan fingerprint density at radius 2 is 1.96 bits per heavy atom. The average Bonchev–Trinajstić information content (AvgIpc) is 3.37. The van der Waals surface area contributed by atoms with E-state index in [2.05, 4.69) is 10.5 Å². The van der Waals surface area contributed by atoms with Gasteiger partial charge in [-0.05, 0) is 44.4 Å². The molecule has 1 saturated carbocycles. The monoisotopic (exact) mass is 358 g/mol. The topological polar surface area (TPSA) is 90.7 Å². The summed E-state index contributed by atoms with van der Waals surface area (Å²) in [5.41, 5.74) is 2.54. The molecule has 0 bridgehead atoms. The number of esters is 1. The molecule has 1 heterocycles. The zero-order chi connectivity index (χ0) is 18.5. The van der Waals surface area contributed by atoms with Crippen LogP contribution in [0, 0.1) is 13.8 Å². The third-order valence-electron chi connectivity index (χ3n) is 4.14. The van der Waals surface area contributed by atoms with Gasteiger partial charge in [0.25, 0.3) is 5.91 Å². The van der Waals surface area contributed by atoms with E-state index < -0.39 is 5.97 Å². The maximum atomic E-state index is 11.8. The Labute approximate surface area is 151 Å². The van der Waals surface area contributed by atoms with Crippen molar-refractivity contribution in [2.75, 3.05) is 6.61 Å². The fraction of sp³-hybridized carbons (Fsp3) is 0.421. The Bertz CT molecular complexity index is 758. The smallest absolute Gasteiger partial charge is 0.310 e. The molecule has 0 unspecified atom stereocenters. The number of ether oxygens (including phenoxy) is 2. The van der Waals surface area contributed by atoms with E-state index >= 15 is 0 Å². The van der Waals surface area contributed by atoms with Gasteiger partial charge in [-0.2, -0.15) is 0 Å². The number of rotatable bonds is 8. The Morgan fingerprint density at radius 1 is 1.23 bits per heavy atom. The molecule has 1 fully saturated rings. The van der Waals surface area contributed by atoms with Crippen LogP contribution in [0.4, 0.5) is 0 Å². The van der Waals surface area contributed by atoms with Crippen LogP contribution in [0.3, 0.4) is 0 Å². The Morgan fingerprint density at radius 3 is 2.58 bits per heavy atom. The van der Waals surface area contributed by atoms with E-state index in [0.717, 1.165) is 35.4 Å². The van der Waals surface area contributed by atoms with Crippen molar-refractivity contribution >= 4 is 11.9 Å². The zero-order valence-electron chi connectivity index (χ0n) is 14.9. The molecule has 7 nitrogen and oxygen atoms in total. The molecular formula is C19H22N2O5. The van der Waals surface area contributed by atoms with E-state index in [-0.39, 0.29) is 25.0 Å². The van der Waals surface area contributed by atoms with E-state index in [1.54, 1.807) is 24.3 Å². The van der Waals surface area contributed by atoms with Crippen LogP contribution in [-0.4, -0.2) is 29.7 Å². The van der Waals surface area contributed by atoms with E-state index in [4.69, 9.17) is 14.0 Å². The molecule has 0 saturated heterocycles. The highest BCUT2D eigenvalue weighted by molar-refractivity contribution is 5.81. The third-order valence-corrected chi connectivity index (χ3v) is 4.14. The number of nitrogens with zero attached hydrogens (tertiary/aromatic N) is 1. The molecule has 1 aliphatic rings. The number of benzene rings is 1. The van der Waals surface area contributed by atoms with Crippen molar-refractivity contribution in [2.45, 2.75) is 45.8 Å². The maximum absolute atomic E-state index is 11.8. The molecule has 0 radical (unpaired) electrons. The number of carbonyl (C=O) groups excluding carboxylic acids is 2. The zero-order valence-corrected chi connectivity index (χ0v) is 14.9. The summed E-state index contributed by atoms with van der Waals surface area (Å²) in [5, 5.41) is 6.66. The van der Waals surface area contributed by atoms with E-state index in [9.17, 15) is 9.59 Å². The highest BCUT2D eigenvalue weighted by atomic mass is 16.5. The van der Waals surface area contributed by atoms with E-state index in [1.165, 1.54) is 0 Å². The highest BCUT2D eigenvalue weighted by Crippen LogP contribution is 2.19. The summed E-state index contributed by atoms with van der Waals surface area (Å²) in [7, 11) is 0. The summed E-state index contributed by atoms with van der Waals surface area (Å²) in [6.45, 7) is 3.86. The van der Waals surface area contributed by atoms with Crippen LogP contribution in [0.1, 0.15) is 35.4 Å². The Hall–Kier alpha value is -2.83. The minimum absolute atomic E-state index is 0.112. The largest absolute Gasteiger partial charge is 0.489 e. The molecule has 0 spiro atoms. The number of hydrogen-bond acceptors (Lipinski definition) is 6. The summed E-state index contributed by atoms with van der Waals surface area (Å²) in [4.78, 5) is 23.3. The minimum Gasteiger partial charge on any atom is -0.489 e. The molecular weight excluding hydrogens is 336 g/mol. The molecule has 3 rings (SSSR count). The van der Waals surface area contributed by atoms with Gasteiger partial charge in [0.15, 0.2) is 6.61 Å². The van der Waals surface area contributed by atoms with Gasteiger partial charge in [0.2, 0.25) is 0 Å². The first-order valence-corrected chi connectivity index (χ1v) is 8.59. The molecule has 2 aromatic rings. The number of aryl methyl sites for hydroxylation is 2. The second-order valence-electron chi connectivity index (χ2n) is 6.41. The second kappa shape index (κ2) is 8.03. The van der Waals surface area contributed by atoms with Crippen molar-refractivity contribution in [1.29, 1.82) is 0 Å². The molecule has 1 aliphatic carbocycles. The second-order valence-corrected chi connectivity index (χ2v) is 6.41. The van der Waals surface area contributed by atoms with E-state index in [1.807, 2.05) is 13.8 Å². The van der Waals surface area contributed by atoms with Crippen LogP contribution in [0.5, 0.6) is 5.75 Å². The lowest BCUT2D eigenvalue weighted by Crippen LogP contribution is -2.30. The number of nitrogens with one attached hydrogen (secondary N) is 1. The number of hydrogen-bond donors (Lipinski definition) is 1. The van der Waals surface area contributed by atoms with Gasteiger partial charge < -0.3 is 19.3 Å². The summed E-state index contributed by atoms with van der Waals surface area (Å²) in [6, 6.07) is 7.45. The van der Waals surface area contributed by atoms with Crippen molar-refractivity contribution in [2.24, 2.45) is 0 Å². The lowest BCUT2D eigenvalue weighted by molar-refractivity contribution is -0.147. The molecule has 138 valence electrons. The summed E-state index contributed by atoms with van der Waals surface area (Å²) in [5.74, 6) is 0.753. The molecule has 1 N–H and O–H groups in total. The lowest BCUT2D eigenvalue weighted by atomic mass is 10.1. The van der Waals surface area contributed by atoms with Crippen molar-refractivity contribution in [3.63, 3.8) is 0 Å². The van der Waals surface area contributed by atoms with Crippen LogP contribution in [0.15, 0.2) is 28.8 Å². The fourth-order valence-corrected chi connectivity index (χ4v) is 2.43. The summed E-state index contributed by atoms with van der Waals surface area (Å²) < 4.78 is 15.8.